The normalized spacial score (nSPS) is 14.6. The van der Waals surface area contributed by atoms with Gasteiger partial charge in [-0.3, -0.25) is 9.89 Å². The highest BCUT2D eigenvalue weighted by atomic mass is 16.3. The summed E-state index contributed by atoms with van der Waals surface area (Å²) in [6.45, 7) is 0.682. The number of aliphatic hydroxyl groups excluding tert-OH is 1. The van der Waals surface area contributed by atoms with E-state index in [0.29, 0.717) is 24.2 Å². The van der Waals surface area contributed by atoms with Gasteiger partial charge in [-0.2, -0.15) is 5.10 Å². The molecule has 0 aliphatic heterocycles. The molecule has 1 amide bonds. The number of benzene rings is 2. The van der Waals surface area contributed by atoms with Crippen molar-refractivity contribution in [3.05, 3.63) is 60.3 Å². The molecule has 5 rings (SSSR count). The van der Waals surface area contributed by atoms with E-state index in [-0.39, 0.29) is 18.6 Å². The van der Waals surface area contributed by atoms with Crippen molar-refractivity contribution in [2.75, 3.05) is 13.2 Å². The number of carbonyl (C=O) groups excluding carboxylic acids is 1. The molecule has 2 aromatic heterocycles. The number of fused-ring (bicyclic) bond motifs is 1. The number of aliphatic hydroxyl groups is 1. The van der Waals surface area contributed by atoms with Crippen LogP contribution in [0, 0.1) is 0 Å². The highest BCUT2D eigenvalue weighted by Gasteiger charge is 2.26. The number of rotatable bonds is 7. The molecule has 0 atom stereocenters. The largest absolute Gasteiger partial charge is 0.396 e. The topological polar surface area (TPSA) is 99.9 Å². The fourth-order valence-corrected chi connectivity index (χ4v) is 4.66. The Bertz CT molecular complexity index is 1220. The number of H-pyrrole nitrogens is 1. The Kier molecular flexibility index (Phi) is 6.17. The lowest BCUT2D eigenvalue weighted by Gasteiger charge is -2.34. The zero-order chi connectivity index (χ0) is 22.6. The molecule has 2 N–H and O–H groups in total. The van der Waals surface area contributed by atoms with Crippen LogP contribution in [-0.2, 0) is 0 Å². The second-order valence-corrected chi connectivity index (χ2v) is 8.58. The van der Waals surface area contributed by atoms with E-state index in [1.54, 1.807) is 4.68 Å². The van der Waals surface area contributed by atoms with Crippen LogP contribution in [0.1, 0.15) is 48.9 Å². The number of carbonyl (C=O) groups is 1. The first-order valence-electron chi connectivity index (χ1n) is 11.6. The molecule has 0 radical (unpaired) electrons. The van der Waals surface area contributed by atoms with Crippen LogP contribution < -0.4 is 0 Å². The van der Waals surface area contributed by atoms with E-state index < -0.39 is 0 Å². The zero-order valence-electron chi connectivity index (χ0n) is 18.5. The van der Waals surface area contributed by atoms with E-state index in [1.165, 1.54) is 6.42 Å². The van der Waals surface area contributed by atoms with E-state index >= 15 is 0 Å². The van der Waals surface area contributed by atoms with Crippen molar-refractivity contribution in [1.29, 1.82) is 0 Å². The van der Waals surface area contributed by atoms with Gasteiger partial charge in [0, 0.05) is 30.1 Å². The van der Waals surface area contributed by atoms with Crippen molar-refractivity contribution in [3.63, 3.8) is 0 Å². The quantitative estimate of drug-likeness (QED) is 0.449. The Balaban J connectivity index is 1.35. The lowest BCUT2D eigenvalue weighted by Crippen LogP contribution is -2.42. The number of hydrogen-bond acceptors (Lipinski definition) is 5. The molecule has 0 unspecified atom stereocenters. The minimum absolute atomic E-state index is 0.0316. The number of nitrogens with zero attached hydrogens (tertiary/aromatic N) is 5. The lowest BCUT2D eigenvalue weighted by atomic mass is 9.93. The van der Waals surface area contributed by atoms with Crippen molar-refractivity contribution < 1.29 is 9.90 Å². The molecule has 1 aliphatic rings. The van der Waals surface area contributed by atoms with Gasteiger partial charge in [0.05, 0.1) is 17.4 Å². The van der Waals surface area contributed by atoms with Gasteiger partial charge in [0.1, 0.15) is 11.4 Å². The summed E-state index contributed by atoms with van der Waals surface area (Å²) in [4.78, 5) is 15.2. The molecule has 2 aromatic carbocycles. The molecule has 8 nitrogen and oxygen atoms in total. The standard InChI is InChI=1S/C25H28N6O2/c32-16-6-15-30(19-7-2-1-3-8-19)25(33)18-11-13-20(14-12-18)31-17-23(27-29-31)24-21-9-4-5-10-22(21)26-28-24/h4-5,9-14,17,19,32H,1-3,6-8,15-16H2,(H,26,28). The van der Waals surface area contributed by atoms with E-state index in [2.05, 4.69) is 20.5 Å². The predicted molar refractivity (Wildman–Crippen MR) is 126 cm³/mol. The van der Waals surface area contributed by atoms with E-state index in [4.69, 9.17) is 0 Å². The maximum atomic E-state index is 13.3. The zero-order valence-corrected chi connectivity index (χ0v) is 18.5. The Morgan fingerprint density at radius 2 is 1.88 bits per heavy atom. The van der Waals surface area contributed by atoms with Gasteiger partial charge in [-0.05, 0) is 49.6 Å². The maximum absolute atomic E-state index is 13.3. The van der Waals surface area contributed by atoms with E-state index in [9.17, 15) is 9.90 Å². The van der Waals surface area contributed by atoms with Gasteiger partial charge < -0.3 is 10.0 Å². The molecule has 170 valence electrons. The van der Waals surface area contributed by atoms with Crippen LogP contribution in [0.5, 0.6) is 0 Å². The number of amides is 1. The van der Waals surface area contributed by atoms with E-state index in [0.717, 1.165) is 48.0 Å². The summed E-state index contributed by atoms with van der Waals surface area (Å²) in [5.74, 6) is 0.0316. The molecule has 8 heteroatoms. The number of para-hydroxylation sites is 1. The lowest BCUT2D eigenvalue weighted by molar-refractivity contribution is 0.0618. The monoisotopic (exact) mass is 444 g/mol. The molecule has 4 aromatic rings. The van der Waals surface area contributed by atoms with Gasteiger partial charge >= 0.3 is 0 Å². The average molecular weight is 445 g/mol. The van der Waals surface area contributed by atoms with E-state index in [1.807, 2.05) is 59.6 Å². The third kappa shape index (κ3) is 4.39. The minimum atomic E-state index is 0.0316. The van der Waals surface area contributed by atoms with Crippen LogP contribution in [0.25, 0.3) is 28.0 Å². The van der Waals surface area contributed by atoms with Crippen molar-refractivity contribution in [3.8, 4) is 17.1 Å². The highest BCUT2D eigenvalue weighted by molar-refractivity contribution is 5.94. The molecule has 0 saturated heterocycles. The van der Waals surface area contributed by atoms with Gasteiger partial charge in [0.25, 0.3) is 5.91 Å². The predicted octanol–water partition coefficient (Wildman–Crippen LogP) is 3.97. The van der Waals surface area contributed by atoms with Crippen LogP contribution in [0.15, 0.2) is 54.7 Å². The molecule has 1 saturated carbocycles. The molecule has 0 bridgehead atoms. The van der Waals surface area contributed by atoms with Gasteiger partial charge in [0.15, 0.2) is 0 Å². The van der Waals surface area contributed by atoms with Crippen molar-refractivity contribution in [1.82, 2.24) is 30.1 Å². The highest BCUT2D eigenvalue weighted by Crippen LogP contribution is 2.26. The van der Waals surface area contributed by atoms with Gasteiger partial charge in [-0.1, -0.05) is 42.7 Å². The first kappa shape index (κ1) is 21.3. The minimum Gasteiger partial charge on any atom is -0.396 e. The Morgan fingerprint density at radius 3 is 2.67 bits per heavy atom. The molecule has 0 spiro atoms. The molecular formula is C25H28N6O2. The van der Waals surface area contributed by atoms with Crippen molar-refractivity contribution in [2.45, 2.75) is 44.6 Å². The summed E-state index contributed by atoms with van der Waals surface area (Å²) in [7, 11) is 0. The summed E-state index contributed by atoms with van der Waals surface area (Å²) >= 11 is 0. The Hall–Kier alpha value is -3.52. The van der Waals surface area contributed by atoms with Gasteiger partial charge in [-0.15, -0.1) is 5.10 Å². The first-order valence-corrected chi connectivity index (χ1v) is 11.6. The SMILES string of the molecule is O=C(c1ccc(-n2cc(-c3n[nH]c4ccccc34)nn2)cc1)N(CCCO)C1CCCCC1. The number of hydrogen-bond donors (Lipinski definition) is 2. The summed E-state index contributed by atoms with van der Waals surface area (Å²) < 4.78 is 1.69. The smallest absolute Gasteiger partial charge is 0.254 e. The summed E-state index contributed by atoms with van der Waals surface area (Å²) in [6, 6.07) is 15.6. The molecule has 33 heavy (non-hydrogen) atoms. The van der Waals surface area contributed by atoms with Gasteiger partial charge in [-0.25, -0.2) is 4.68 Å². The third-order valence-corrected chi connectivity index (χ3v) is 6.42. The fraction of sp³-hybridized carbons (Fsp3) is 0.360. The van der Waals surface area contributed by atoms with Crippen LogP contribution >= 0.6 is 0 Å². The maximum Gasteiger partial charge on any atom is 0.254 e. The third-order valence-electron chi connectivity index (χ3n) is 6.42. The average Bonchev–Trinajstić information content (AvgIpc) is 3.52. The number of aromatic amines is 1. The van der Waals surface area contributed by atoms with Crippen LogP contribution in [0.2, 0.25) is 0 Å². The summed E-state index contributed by atoms with van der Waals surface area (Å²) in [5, 5.41) is 26.3. The Labute approximate surface area is 192 Å². The van der Waals surface area contributed by atoms with Crippen LogP contribution in [0.4, 0.5) is 0 Å². The second-order valence-electron chi connectivity index (χ2n) is 8.58. The van der Waals surface area contributed by atoms with Crippen LogP contribution in [0.3, 0.4) is 0 Å². The second kappa shape index (κ2) is 9.54. The number of aromatic nitrogens is 5. The molecular weight excluding hydrogens is 416 g/mol. The Morgan fingerprint density at radius 1 is 1.09 bits per heavy atom. The van der Waals surface area contributed by atoms with Crippen molar-refractivity contribution >= 4 is 16.8 Å². The van der Waals surface area contributed by atoms with Crippen LogP contribution in [-0.4, -0.2) is 60.3 Å². The van der Waals surface area contributed by atoms with Gasteiger partial charge in [0.2, 0.25) is 0 Å². The van der Waals surface area contributed by atoms with Crippen molar-refractivity contribution in [2.24, 2.45) is 0 Å². The first-order chi connectivity index (χ1) is 16.2. The fourth-order valence-electron chi connectivity index (χ4n) is 4.66. The molecule has 1 aliphatic carbocycles. The summed E-state index contributed by atoms with van der Waals surface area (Å²) in [6.07, 6.45) is 8.08. The molecule has 1 fully saturated rings. The molecule has 2 heterocycles. The summed E-state index contributed by atoms with van der Waals surface area (Å²) in [5.41, 5.74) is 3.87. The number of nitrogens with one attached hydrogen (secondary N) is 1.